The van der Waals surface area contributed by atoms with Crippen molar-refractivity contribution in [1.29, 1.82) is 0 Å². The van der Waals surface area contributed by atoms with Crippen molar-refractivity contribution < 1.29 is 15.0 Å². The van der Waals surface area contributed by atoms with Crippen LogP contribution in [-0.4, -0.2) is 36.3 Å². The first kappa shape index (κ1) is 10.5. The van der Waals surface area contributed by atoms with Gasteiger partial charge in [-0.2, -0.15) is 0 Å². The first-order chi connectivity index (χ1) is 3.83. The molecule has 0 bridgehead atoms. The quantitative estimate of drug-likeness (QED) is 0.373. The van der Waals surface area contributed by atoms with E-state index in [4.69, 9.17) is 15.0 Å². The van der Waals surface area contributed by atoms with Crippen LogP contribution in [0.25, 0.3) is 0 Å². The third kappa shape index (κ3) is 47.8. The monoisotopic (exact) mass is 121 g/mol. The number of carbonyl (C=O) groups is 1. The summed E-state index contributed by atoms with van der Waals surface area (Å²) in [5, 5.41) is 15.2. The van der Waals surface area contributed by atoms with Gasteiger partial charge in [-0.15, -0.1) is 0 Å². The van der Waals surface area contributed by atoms with E-state index in [2.05, 4.69) is 5.73 Å². The highest BCUT2D eigenvalue weighted by Crippen LogP contribution is 1.39. The molecule has 50 valence electrons. The van der Waals surface area contributed by atoms with E-state index < -0.39 is 0 Å². The summed E-state index contributed by atoms with van der Waals surface area (Å²) in [5.41, 5.74) is 4.66. The normalized spacial score (nSPS) is 6.88. The molecule has 0 aromatic rings. The zero-order valence-corrected chi connectivity index (χ0v) is 4.58. The lowest BCUT2D eigenvalue weighted by molar-refractivity contribution is -0.106. The van der Waals surface area contributed by atoms with Crippen LogP contribution in [0, 0.1) is 0 Å². The number of aldehydes is 1. The Morgan fingerprint density at radius 2 is 1.62 bits per heavy atom. The van der Waals surface area contributed by atoms with Gasteiger partial charge in [0, 0.05) is 6.54 Å². The van der Waals surface area contributed by atoms with Crippen LogP contribution in [0.3, 0.4) is 0 Å². The molecule has 0 fully saturated rings. The third-order valence-corrected chi connectivity index (χ3v) is 0.196. The van der Waals surface area contributed by atoms with Crippen molar-refractivity contribution >= 4 is 6.29 Å². The topological polar surface area (TPSA) is 83.6 Å². The predicted octanol–water partition coefficient (Wildman–Crippen LogP) is -1.89. The van der Waals surface area contributed by atoms with Gasteiger partial charge in [0.1, 0.15) is 6.29 Å². The standard InChI is InChI=1S/C2H5NO.C2H6O2/c2*3-1-2-4/h2H,1,3H2;3-4H,1-2H2. The Bertz CT molecular complexity index is 38.3. The number of aliphatic hydroxyl groups excluding tert-OH is 2. The molecule has 8 heavy (non-hydrogen) atoms. The summed E-state index contributed by atoms with van der Waals surface area (Å²) in [4.78, 5) is 9.05. The number of hydrogen-bond donors (Lipinski definition) is 3. The second-order valence-electron chi connectivity index (χ2n) is 0.850. The van der Waals surface area contributed by atoms with Crippen LogP contribution in [0.4, 0.5) is 0 Å². The molecule has 0 rings (SSSR count). The Morgan fingerprint density at radius 3 is 1.62 bits per heavy atom. The Hall–Kier alpha value is -0.450. The number of nitrogens with two attached hydrogens (primary N) is 1. The van der Waals surface area contributed by atoms with Crippen molar-refractivity contribution in [3.8, 4) is 0 Å². The number of rotatable bonds is 2. The molecule has 0 unspecified atom stereocenters. The van der Waals surface area contributed by atoms with Gasteiger partial charge in [-0.05, 0) is 0 Å². The molecule has 0 spiro atoms. The lowest BCUT2D eigenvalue weighted by atomic mass is 10.8. The number of hydrogen-bond acceptors (Lipinski definition) is 4. The lowest BCUT2D eigenvalue weighted by Crippen LogP contribution is -1.97. The lowest BCUT2D eigenvalue weighted by Gasteiger charge is -1.70. The molecule has 0 aliphatic rings. The van der Waals surface area contributed by atoms with E-state index in [-0.39, 0.29) is 19.8 Å². The summed E-state index contributed by atoms with van der Waals surface area (Å²) in [6, 6.07) is 0. The molecule has 0 aromatic heterocycles. The molecule has 0 atom stereocenters. The molecule has 0 radical (unpaired) electrons. The average molecular weight is 121 g/mol. The summed E-state index contributed by atoms with van der Waals surface area (Å²) in [6.07, 6.45) is 0.653. The van der Waals surface area contributed by atoms with Crippen LogP contribution in [-0.2, 0) is 4.79 Å². The van der Waals surface area contributed by atoms with E-state index in [1.165, 1.54) is 0 Å². The first-order valence-corrected chi connectivity index (χ1v) is 2.18. The maximum Gasteiger partial charge on any atom is 0.133 e. The third-order valence-electron chi connectivity index (χ3n) is 0.196. The maximum atomic E-state index is 9.05. The van der Waals surface area contributed by atoms with E-state index in [0.717, 1.165) is 0 Å². The molecule has 4 nitrogen and oxygen atoms in total. The van der Waals surface area contributed by atoms with Crippen LogP contribution in [0.5, 0.6) is 0 Å². The van der Waals surface area contributed by atoms with Gasteiger partial charge in [0.25, 0.3) is 0 Å². The number of carbonyl (C=O) groups excluding carboxylic acids is 1. The molecule has 0 aliphatic heterocycles. The van der Waals surface area contributed by atoms with Crippen LogP contribution >= 0.6 is 0 Å². The van der Waals surface area contributed by atoms with Crippen molar-refractivity contribution in [2.45, 2.75) is 0 Å². The Kier molecular flexibility index (Phi) is 21.0. The SMILES string of the molecule is NCC=O.OCCO. The van der Waals surface area contributed by atoms with E-state index in [0.29, 0.717) is 6.29 Å². The summed E-state index contributed by atoms with van der Waals surface area (Å²) < 4.78 is 0. The van der Waals surface area contributed by atoms with Crippen LogP contribution in [0.15, 0.2) is 0 Å². The molecule has 0 aliphatic carbocycles. The van der Waals surface area contributed by atoms with Crippen molar-refractivity contribution in [1.82, 2.24) is 0 Å². The van der Waals surface area contributed by atoms with Crippen LogP contribution < -0.4 is 5.73 Å². The molecule has 0 amide bonds. The minimum atomic E-state index is -0.125. The Balaban J connectivity index is 0. The van der Waals surface area contributed by atoms with Crippen LogP contribution in [0.1, 0.15) is 0 Å². The van der Waals surface area contributed by atoms with Crippen molar-refractivity contribution in [3.63, 3.8) is 0 Å². The molecule has 0 saturated heterocycles. The van der Waals surface area contributed by atoms with Crippen molar-refractivity contribution in [2.75, 3.05) is 19.8 Å². The molecule has 4 heteroatoms. The number of aliphatic hydroxyl groups is 2. The van der Waals surface area contributed by atoms with Gasteiger partial charge >= 0.3 is 0 Å². The van der Waals surface area contributed by atoms with Crippen LogP contribution in [0.2, 0.25) is 0 Å². The molecule has 4 N–H and O–H groups in total. The smallest absolute Gasteiger partial charge is 0.133 e. The molecular weight excluding hydrogens is 110 g/mol. The fraction of sp³-hybridized carbons (Fsp3) is 0.750. The average Bonchev–Trinajstić information content (AvgIpc) is 1.88. The van der Waals surface area contributed by atoms with E-state index in [1.54, 1.807) is 0 Å². The fourth-order valence-corrected chi connectivity index (χ4v) is 0. The largest absolute Gasteiger partial charge is 0.394 e. The van der Waals surface area contributed by atoms with E-state index in [1.807, 2.05) is 0 Å². The summed E-state index contributed by atoms with van der Waals surface area (Å²) >= 11 is 0. The van der Waals surface area contributed by atoms with Gasteiger partial charge in [0.05, 0.1) is 13.2 Å². The van der Waals surface area contributed by atoms with Crippen molar-refractivity contribution in [3.05, 3.63) is 0 Å². The summed E-state index contributed by atoms with van der Waals surface area (Å²) in [7, 11) is 0. The Labute approximate surface area is 47.9 Å². The highest BCUT2D eigenvalue weighted by atomic mass is 16.3. The molecule has 0 heterocycles. The summed E-state index contributed by atoms with van der Waals surface area (Å²) in [5.74, 6) is 0. The molecule has 0 aromatic carbocycles. The highest BCUT2D eigenvalue weighted by Gasteiger charge is 1.58. The second-order valence-corrected chi connectivity index (χ2v) is 0.850. The second kappa shape index (κ2) is 16.0. The van der Waals surface area contributed by atoms with Gasteiger partial charge < -0.3 is 20.7 Å². The predicted molar refractivity (Wildman–Crippen MR) is 29.3 cm³/mol. The van der Waals surface area contributed by atoms with Gasteiger partial charge in [-0.25, -0.2) is 0 Å². The first-order valence-electron chi connectivity index (χ1n) is 2.18. The Morgan fingerprint density at radius 1 is 1.38 bits per heavy atom. The van der Waals surface area contributed by atoms with Gasteiger partial charge in [0.15, 0.2) is 0 Å². The minimum absolute atomic E-state index is 0.125. The van der Waals surface area contributed by atoms with Crippen molar-refractivity contribution in [2.24, 2.45) is 5.73 Å². The summed E-state index contributed by atoms with van der Waals surface area (Å²) in [6.45, 7) is -0.111. The molecule has 0 saturated carbocycles. The zero-order valence-electron chi connectivity index (χ0n) is 4.58. The molecular formula is C4H11NO3. The minimum Gasteiger partial charge on any atom is -0.394 e. The highest BCUT2D eigenvalue weighted by molar-refractivity contribution is 5.51. The van der Waals surface area contributed by atoms with E-state index >= 15 is 0 Å². The zero-order chi connectivity index (χ0) is 6.83. The van der Waals surface area contributed by atoms with Gasteiger partial charge in [-0.3, -0.25) is 0 Å². The fourth-order valence-electron chi connectivity index (χ4n) is 0. The maximum absolute atomic E-state index is 9.05. The van der Waals surface area contributed by atoms with Gasteiger partial charge in [0.2, 0.25) is 0 Å². The van der Waals surface area contributed by atoms with Gasteiger partial charge in [-0.1, -0.05) is 0 Å². The van der Waals surface area contributed by atoms with E-state index in [9.17, 15) is 0 Å².